The lowest BCUT2D eigenvalue weighted by Crippen LogP contribution is -2.13. The van der Waals surface area contributed by atoms with Gasteiger partial charge in [0.25, 0.3) is 0 Å². The van der Waals surface area contributed by atoms with Crippen molar-refractivity contribution >= 4 is 15.9 Å². The van der Waals surface area contributed by atoms with Gasteiger partial charge in [0.2, 0.25) is 0 Å². The normalized spacial score (nSPS) is 13.5. The Balaban J connectivity index is 3.09. The Kier molecular flexibility index (Phi) is 4.38. The van der Waals surface area contributed by atoms with Gasteiger partial charge in [-0.05, 0) is 37.1 Å². The number of rotatable bonds is 3. The molecule has 0 spiro atoms. The summed E-state index contributed by atoms with van der Waals surface area (Å²) in [6.45, 7) is 5.49. The summed E-state index contributed by atoms with van der Waals surface area (Å²) in [7, 11) is 0. The molecule has 17 heavy (non-hydrogen) atoms. The van der Waals surface area contributed by atoms with E-state index in [4.69, 9.17) is 5.73 Å². The van der Waals surface area contributed by atoms with E-state index in [1.807, 2.05) is 0 Å². The molecule has 0 bridgehead atoms. The number of halogens is 4. The third kappa shape index (κ3) is 4.16. The quantitative estimate of drug-likeness (QED) is 0.821. The topological polar surface area (TPSA) is 26.0 Å². The van der Waals surface area contributed by atoms with Crippen molar-refractivity contribution in [3.8, 4) is 0 Å². The summed E-state index contributed by atoms with van der Waals surface area (Å²) in [4.78, 5) is 0. The molecule has 0 heterocycles. The number of nitrogens with two attached hydrogens (primary N) is 1. The van der Waals surface area contributed by atoms with Gasteiger partial charge in [0.05, 0.1) is 5.56 Å². The second kappa shape index (κ2) is 5.23. The Labute approximate surface area is 107 Å². The van der Waals surface area contributed by atoms with Crippen LogP contribution in [0.3, 0.4) is 0 Å². The van der Waals surface area contributed by atoms with Crippen molar-refractivity contribution in [2.24, 2.45) is 5.73 Å². The minimum absolute atomic E-state index is 0.375. The van der Waals surface area contributed by atoms with Crippen LogP contribution < -0.4 is 5.73 Å². The average molecular weight is 308 g/mol. The maximum Gasteiger partial charge on any atom is 0.416 e. The summed E-state index contributed by atoms with van der Waals surface area (Å²) >= 11 is 3.06. The maximum atomic E-state index is 12.6. The van der Waals surface area contributed by atoms with E-state index in [1.54, 1.807) is 13.0 Å². The van der Waals surface area contributed by atoms with Crippen LogP contribution in [0.4, 0.5) is 13.2 Å². The highest BCUT2D eigenvalue weighted by molar-refractivity contribution is 9.10. The molecule has 0 unspecified atom stereocenters. The third-order valence-electron chi connectivity index (χ3n) is 2.24. The van der Waals surface area contributed by atoms with Crippen LogP contribution in [0.2, 0.25) is 0 Å². The Hall–Kier alpha value is -0.810. The van der Waals surface area contributed by atoms with Crippen molar-refractivity contribution in [2.45, 2.75) is 25.6 Å². The van der Waals surface area contributed by atoms with Crippen molar-refractivity contribution in [1.29, 1.82) is 0 Å². The maximum absolute atomic E-state index is 12.6. The molecular weight excluding hydrogens is 295 g/mol. The van der Waals surface area contributed by atoms with E-state index in [-0.39, 0.29) is 0 Å². The molecule has 94 valence electrons. The van der Waals surface area contributed by atoms with E-state index >= 15 is 0 Å². The van der Waals surface area contributed by atoms with Gasteiger partial charge in [-0.3, -0.25) is 0 Å². The highest BCUT2D eigenvalue weighted by atomic mass is 79.9. The molecule has 0 saturated heterocycles. The zero-order valence-corrected chi connectivity index (χ0v) is 10.9. The minimum atomic E-state index is -4.36. The largest absolute Gasteiger partial charge is 0.416 e. The molecule has 0 fully saturated rings. The molecule has 0 aliphatic carbocycles. The van der Waals surface area contributed by atoms with Crippen LogP contribution >= 0.6 is 15.9 Å². The second-order valence-electron chi connectivity index (χ2n) is 4.04. The Bertz CT molecular complexity index is 426. The first-order valence-electron chi connectivity index (χ1n) is 4.98. The van der Waals surface area contributed by atoms with Crippen molar-refractivity contribution in [1.82, 2.24) is 0 Å². The molecule has 0 saturated carbocycles. The average Bonchev–Trinajstić information content (AvgIpc) is 2.14. The van der Waals surface area contributed by atoms with Crippen LogP contribution in [0.15, 0.2) is 34.8 Å². The molecule has 1 atom stereocenters. The lowest BCUT2D eigenvalue weighted by Gasteiger charge is -2.15. The van der Waals surface area contributed by atoms with Gasteiger partial charge in [-0.1, -0.05) is 21.5 Å². The summed E-state index contributed by atoms with van der Waals surface area (Å²) < 4.78 is 38.2. The molecule has 1 rings (SSSR count). The minimum Gasteiger partial charge on any atom is -0.324 e. The molecule has 1 nitrogen and oxygen atoms in total. The van der Waals surface area contributed by atoms with Gasteiger partial charge in [-0.15, -0.1) is 6.58 Å². The van der Waals surface area contributed by atoms with Crippen molar-refractivity contribution in [3.63, 3.8) is 0 Å². The molecule has 0 amide bonds. The van der Waals surface area contributed by atoms with E-state index in [1.165, 1.54) is 0 Å². The highest BCUT2D eigenvalue weighted by Crippen LogP contribution is 2.33. The fourth-order valence-corrected chi connectivity index (χ4v) is 1.99. The first kappa shape index (κ1) is 14.3. The standard InChI is InChI=1S/C12H13BrF3N/c1-7(2)3-11(17)8-4-9(12(14,15)16)6-10(13)5-8/h4-6,11H,1,3,17H2,2H3/t11-/m1/s1. The summed E-state index contributed by atoms with van der Waals surface area (Å²) in [6.07, 6.45) is -3.89. The fraction of sp³-hybridized carbons (Fsp3) is 0.333. The number of alkyl halides is 3. The Morgan fingerprint density at radius 3 is 2.47 bits per heavy atom. The number of hydrogen-bond acceptors (Lipinski definition) is 1. The van der Waals surface area contributed by atoms with Crippen LogP contribution in [-0.2, 0) is 6.18 Å². The molecule has 1 aromatic carbocycles. The second-order valence-corrected chi connectivity index (χ2v) is 4.95. The molecule has 0 aliphatic heterocycles. The van der Waals surface area contributed by atoms with Crippen LogP contribution in [-0.4, -0.2) is 0 Å². The third-order valence-corrected chi connectivity index (χ3v) is 2.70. The zero-order chi connectivity index (χ0) is 13.2. The van der Waals surface area contributed by atoms with Gasteiger partial charge < -0.3 is 5.73 Å². The van der Waals surface area contributed by atoms with Crippen LogP contribution in [0.25, 0.3) is 0 Å². The van der Waals surface area contributed by atoms with Gasteiger partial charge in [0.1, 0.15) is 0 Å². The molecule has 0 aliphatic rings. The van der Waals surface area contributed by atoms with Gasteiger partial charge >= 0.3 is 6.18 Å². The number of benzene rings is 1. The summed E-state index contributed by atoms with van der Waals surface area (Å²) in [5.74, 6) is 0. The molecule has 5 heteroatoms. The Morgan fingerprint density at radius 1 is 1.41 bits per heavy atom. The Morgan fingerprint density at radius 2 is 2.00 bits per heavy atom. The number of hydrogen-bond donors (Lipinski definition) is 1. The van der Waals surface area contributed by atoms with E-state index in [0.29, 0.717) is 16.5 Å². The first-order chi connectivity index (χ1) is 7.70. The summed E-state index contributed by atoms with van der Waals surface area (Å²) in [5, 5.41) is 0. The molecule has 1 aromatic rings. The van der Waals surface area contributed by atoms with E-state index in [9.17, 15) is 13.2 Å². The molecule has 0 aromatic heterocycles. The summed E-state index contributed by atoms with van der Waals surface area (Å²) in [6, 6.07) is 3.25. The smallest absolute Gasteiger partial charge is 0.324 e. The van der Waals surface area contributed by atoms with E-state index in [0.717, 1.165) is 17.7 Å². The lowest BCUT2D eigenvalue weighted by atomic mass is 9.99. The zero-order valence-electron chi connectivity index (χ0n) is 9.31. The first-order valence-corrected chi connectivity index (χ1v) is 5.77. The highest BCUT2D eigenvalue weighted by Gasteiger charge is 2.31. The van der Waals surface area contributed by atoms with Gasteiger partial charge in [-0.25, -0.2) is 0 Å². The lowest BCUT2D eigenvalue weighted by molar-refractivity contribution is -0.137. The van der Waals surface area contributed by atoms with E-state index in [2.05, 4.69) is 22.5 Å². The molecule has 0 radical (unpaired) electrons. The van der Waals surface area contributed by atoms with E-state index < -0.39 is 17.8 Å². The van der Waals surface area contributed by atoms with Gasteiger partial charge in [-0.2, -0.15) is 13.2 Å². The van der Waals surface area contributed by atoms with Crippen molar-refractivity contribution in [3.05, 3.63) is 46.0 Å². The van der Waals surface area contributed by atoms with Gasteiger partial charge in [0.15, 0.2) is 0 Å². The fourth-order valence-electron chi connectivity index (χ4n) is 1.48. The monoisotopic (exact) mass is 307 g/mol. The van der Waals surface area contributed by atoms with Crippen LogP contribution in [0.5, 0.6) is 0 Å². The molecular formula is C12H13BrF3N. The van der Waals surface area contributed by atoms with Crippen molar-refractivity contribution in [2.75, 3.05) is 0 Å². The summed E-state index contributed by atoms with van der Waals surface area (Å²) in [5.41, 5.74) is 6.42. The van der Waals surface area contributed by atoms with Crippen molar-refractivity contribution < 1.29 is 13.2 Å². The predicted molar refractivity (Wildman–Crippen MR) is 65.5 cm³/mol. The van der Waals surface area contributed by atoms with Gasteiger partial charge in [0, 0.05) is 10.5 Å². The molecule has 2 N–H and O–H groups in total. The predicted octanol–water partition coefficient (Wildman–Crippen LogP) is 4.43. The van der Waals surface area contributed by atoms with Crippen LogP contribution in [0, 0.1) is 0 Å². The SMILES string of the molecule is C=C(C)C[C@@H](N)c1cc(Br)cc(C(F)(F)F)c1. The van der Waals surface area contributed by atoms with Crippen LogP contribution in [0.1, 0.15) is 30.5 Å².